The number of amides is 4. The SMILES string of the molecule is CC(C)c1nc(CN(C)C(=O)N[C@H](C(=O)NC(Cc2ccccc2)C[C@H](O)[C@H](Cc2ccccc2)NC(=O)OCc2cncs2)C(C)C)cs1. The number of aromatic nitrogens is 2. The van der Waals surface area contributed by atoms with Crippen molar-refractivity contribution in [2.45, 2.75) is 90.3 Å². The second-order valence-electron chi connectivity index (χ2n) is 13.0. The molecule has 0 fully saturated rings. The Kier molecular flexibility index (Phi) is 14.7. The van der Waals surface area contributed by atoms with Crippen LogP contribution in [-0.4, -0.2) is 69.3 Å². The van der Waals surface area contributed by atoms with Gasteiger partial charge in [-0.3, -0.25) is 9.78 Å². The fraction of sp³-hybridized carbons (Fsp3) is 0.432. The van der Waals surface area contributed by atoms with Crippen molar-refractivity contribution < 1.29 is 24.2 Å². The second kappa shape index (κ2) is 19.2. The summed E-state index contributed by atoms with van der Waals surface area (Å²) in [4.78, 5) is 51.0. The number of hydrogen-bond donors (Lipinski definition) is 4. The van der Waals surface area contributed by atoms with Crippen LogP contribution in [0.3, 0.4) is 0 Å². The number of nitrogens with zero attached hydrogens (tertiary/aromatic N) is 3. The van der Waals surface area contributed by atoms with Gasteiger partial charge in [-0.1, -0.05) is 88.4 Å². The average Bonchev–Trinajstić information content (AvgIpc) is 3.79. The lowest BCUT2D eigenvalue weighted by molar-refractivity contribution is -0.124. The number of aliphatic hydroxyl groups is 1. The van der Waals surface area contributed by atoms with Crippen LogP contribution in [0.5, 0.6) is 0 Å². The first kappa shape index (κ1) is 38.5. The van der Waals surface area contributed by atoms with E-state index in [4.69, 9.17) is 4.74 Å². The van der Waals surface area contributed by atoms with E-state index in [0.29, 0.717) is 25.3 Å². The van der Waals surface area contributed by atoms with Crippen molar-refractivity contribution in [1.29, 1.82) is 0 Å². The fourth-order valence-electron chi connectivity index (χ4n) is 5.39. The Bertz CT molecular complexity index is 1620. The highest BCUT2D eigenvalue weighted by Gasteiger charge is 2.31. The molecule has 50 heavy (non-hydrogen) atoms. The molecule has 0 aliphatic carbocycles. The standard InChI is InChI=1S/C37H48N6O5S2/c1-24(2)33(42-36(46)43(5)20-29-22-49-35(40-29)25(3)4)34(45)39-28(16-26-12-8-6-9-13-26)18-32(44)31(17-27-14-10-7-11-15-27)41-37(47)48-21-30-19-38-23-50-30/h6-15,19,22-25,28,31-33,44H,16-18,20-21H2,1-5H3,(H,39,45)(H,41,47)(H,42,46)/t28?,31-,32-,33-/m0/s1. The maximum Gasteiger partial charge on any atom is 0.407 e. The molecule has 0 saturated carbocycles. The Morgan fingerprint density at radius 3 is 2.14 bits per heavy atom. The number of rotatable bonds is 17. The van der Waals surface area contributed by atoms with Crippen LogP contribution in [-0.2, 0) is 35.5 Å². The van der Waals surface area contributed by atoms with E-state index in [1.165, 1.54) is 16.2 Å². The van der Waals surface area contributed by atoms with Gasteiger partial charge in [-0.15, -0.1) is 22.7 Å². The molecule has 13 heteroatoms. The molecule has 268 valence electrons. The van der Waals surface area contributed by atoms with Gasteiger partial charge in [-0.2, -0.15) is 0 Å². The molecule has 0 saturated heterocycles. The van der Waals surface area contributed by atoms with Crippen molar-refractivity contribution in [3.05, 3.63) is 104 Å². The van der Waals surface area contributed by atoms with Gasteiger partial charge in [-0.05, 0) is 36.3 Å². The van der Waals surface area contributed by atoms with Crippen molar-refractivity contribution in [3.8, 4) is 0 Å². The zero-order valence-electron chi connectivity index (χ0n) is 29.2. The molecule has 4 N–H and O–H groups in total. The molecule has 2 aromatic heterocycles. The molecule has 4 aromatic rings. The maximum absolute atomic E-state index is 13.9. The van der Waals surface area contributed by atoms with Crippen LogP contribution in [0.2, 0.25) is 0 Å². The summed E-state index contributed by atoms with van der Waals surface area (Å²) in [5, 5.41) is 23.5. The van der Waals surface area contributed by atoms with Crippen LogP contribution in [0.1, 0.15) is 66.7 Å². The third-order valence-corrected chi connectivity index (χ3v) is 10.1. The largest absolute Gasteiger partial charge is 0.444 e. The van der Waals surface area contributed by atoms with Gasteiger partial charge in [0.15, 0.2) is 0 Å². The topological polar surface area (TPSA) is 146 Å². The van der Waals surface area contributed by atoms with E-state index in [1.54, 1.807) is 30.1 Å². The first-order valence-corrected chi connectivity index (χ1v) is 18.6. The number of carbonyl (C=O) groups is 3. The van der Waals surface area contributed by atoms with E-state index in [2.05, 4.69) is 39.8 Å². The Morgan fingerprint density at radius 1 is 0.900 bits per heavy atom. The van der Waals surface area contributed by atoms with Gasteiger partial charge in [0.1, 0.15) is 12.6 Å². The van der Waals surface area contributed by atoms with Gasteiger partial charge in [0.2, 0.25) is 5.91 Å². The van der Waals surface area contributed by atoms with E-state index in [-0.39, 0.29) is 30.9 Å². The Morgan fingerprint density at radius 2 is 1.56 bits per heavy atom. The molecule has 11 nitrogen and oxygen atoms in total. The monoisotopic (exact) mass is 720 g/mol. The molecule has 0 bridgehead atoms. The molecule has 2 aromatic carbocycles. The molecule has 0 radical (unpaired) electrons. The molecule has 0 spiro atoms. The lowest BCUT2D eigenvalue weighted by Gasteiger charge is -2.30. The van der Waals surface area contributed by atoms with Gasteiger partial charge in [0.05, 0.1) is 39.8 Å². The number of carbonyl (C=O) groups excluding carboxylic acids is 3. The Labute approximate surface area is 302 Å². The minimum Gasteiger partial charge on any atom is -0.444 e. The number of aliphatic hydroxyl groups excluding tert-OH is 1. The number of thiazole rings is 2. The molecular formula is C37H48N6O5S2. The van der Waals surface area contributed by atoms with E-state index in [9.17, 15) is 19.5 Å². The summed E-state index contributed by atoms with van der Waals surface area (Å²) in [5.41, 5.74) is 4.35. The van der Waals surface area contributed by atoms with Crippen LogP contribution in [0, 0.1) is 5.92 Å². The third-order valence-electron chi connectivity index (χ3n) is 8.13. The van der Waals surface area contributed by atoms with E-state index in [0.717, 1.165) is 26.7 Å². The number of ether oxygens (including phenoxy) is 1. The summed E-state index contributed by atoms with van der Waals surface area (Å²) in [5.74, 6) is -0.277. The predicted molar refractivity (Wildman–Crippen MR) is 197 cm³/mol. The van der Waals surface area contributed by atoms with Crippen LogP contribution in [0.4, 0.5) is 9.59 Å². The molecule has 4 rings (SSSR count). The number of urea groups is 1. The van der Waals surface area contributed by atoms with Crippen LogP contribution in [0.15, 0.2) is 77.8 Å². The predicted octanol–water partition coefficient (Wildman–Crippen LogP) is 5.91. The number of nitrogens with one attached hydrogen (secondary N) is 3. The summed E-state index contributed by atoms with van der Waals surface area (Å²) < 4.78 is 5.42. The number of benzene rings is 2. The molecule has 4 amide bonds. The van der Waals surface area contributed by atoms with Crippen molar-refractivity contribution in [2.24, 2.45) is 5.92 Å². The van der Waals surface area contributed by atoms with E-state index in [1.807, 2.05) is 79.9 Å². The van der Waals surface area contributed by atoms with Gasteiger partial charge in [-0.25, -0.2) is 14.6 Å². The zero-order valence-corrected chi connectivity index (χ0v) is 30.9. The second-order valence-corrected chi connectivity index (χ2v) is 14.9. The van der Waals surface area contributed by atoms with Gasteiger partial charge in [0.25, 0.3) is 0 Å². The van der Waals surface area contributed by atoms with Crippen molar-refractivity contribution in [1.82, 2.24) is 30.8 Å². The van der Waals surface area contributed by atoms with Gasteiger partial charge in [0, 0.05) is 30.6 Å². The third kappa shape index (κ3) is 12.2. The van der Waals surface area contributed by atoms with Crippen molar-refractivity contribution >= 4 is 40.7 Å². The molecule has 0 aliphatic rings. The fourth-order valence-corrected chi connectivity index (χ4v) is 6.72. The van der Waals surface area contributed by atoms with E-state index >= 15 is 0 Å². The molecule has 4 atom stereocenters. The molecule has 1 unspecified atom stereocenters. The molecular weight excluding hydrogens is 673 g/mol. The van der Waals surface area contributed by atoms with Crippen LogP contribution in [0.25, 0.3) is 0 Å². The van der Waals surface area contributed by atoms with Crippen LogP contribution >= 0.6 is 22.7 Å². The number of alkyl carbamates (subject to hydrolysis) is 1. The Hall–Kier alpha value is -4.33. The number of hydrogen-bond acceptors (Lipinski definition) is 9. The minimum absolute atomic E-state index is 0.0671. The van der Waals surface area contributed by atoms with E-state index < -0.39 is 30.3 Å². The summed E-state index contributed by atoms with van der Waals surface area (Å²) >= 11 is 2.95. The summed E-state index contributed by atoms with van der Waals surface area (Å²) in [6.45, 7) is 8.28. The minimum atomic E-state index is -1.05. The Balaban J connectivity index is 1.46. The summed E-state index contributed by atoms with van der Waals surface area (Å²) in [7, 11) is 1.68. The maximum atomic E-state index is 13.9. The van der Waals surface area contributed by atoms with Crippen molar-refractivity contribution in [2.75, 3.05) is 7.05 Å². The molecule has 2 heterocycles. The summed E-state index contributed by atoms with van der Waals surface area (Å²) in [6.07, 6.45) is 0.836. The molecule has 0 aliphatic heterocycles. The normalized spacial score (nSPS) is 13.7. The lowest BCUT2D eigenvalue weighted by Crippen LogP contribution is -2.55. The van der Waals surface area contributed by atoms with Gasteiger partial charge >= 0.3 is 12.1 Å². The smallest absolute Gasteiger partial charge is 0.407 e. The quantitative estimate of drug-likeness (QED) is 0.106. The zero-order chi connectivity index (χ0) is 36.0. The van der Waals surface area contributed by atoms with Crippen LogP contribution < -0.4 is 16.0 Å². The average molecular weight is 721 g/mol. The first-order chi connectivity index (χ1) is 24.0. The van der Waals surface area contributed by atoms with Gasteiger partial charge < -0.3 is 30.7 Å². The highest BCUT2D eigenvalue weighted by atomic mass is 32.1. The highest BCUT2D eigenvalue weighted by molar-refractivity contribution is 7.09. The lowest BCUT2D eigenvalue weighted by atomic mass is 9.93. The first-order valence-electron chi connectivity index (χ1n) is 16.8. The van der Waals surface area contributed by atoms with Crippen molar-refractivity contribution in [3.63, 3.8) is 0 Å². The summed E-state index contributed by atoms with van der Waals surface area (Å²) in [6, 6.07) is 16.8. The highest BCUT2D eigenvalue weighted by Crippen LogP contribution is 2.20.